The largest absolute Gasteiger partial charge is 0.495 e. The van der Waals surface area contributed by atoms with Gasteiger partial charge >= 0.3 is 0 Å². The second-order valence-corrected chi connectivity index (χ2v) is 4.44. The van der Waals surface area contributed by atoms with Crippen LogP contribution in [0.2, 0.25) is 0 Å². The average molecular weight is 249 g/mol. The van der Waals surface area contributed by atoms with Gasteiger partial charge in [0.05, 0.1) is 13.2 Å². The number of rotatable bonds is 4. The zero-order valence-electron chi connectivity index (χ0n) is 9.81. The van der Waals surface area contributed by atoms with Gasteiger partial charge in [0.15, 0.2) is 0 Å². The van der Waals surface area contributed by atoms with Crippen LogP contribution in [-0.2, 0) is 0 Å². The highest BCUT2D eigenvalue weighted by Gasteiger charge is 2.20. The van der Waals surface area contributed by atoms with E-state index < -0.39 is 0 Å². The molecule has 3 N–H and O–H groups in total. The Morgan fingerprint density at radius 1 is 1.47 bits per heavy atom. The predicted molar refractivity (Wildman–Crippen MR) is 69.0 cm³/mol. The van der Waals surface area contributed by atoms with E-state index in [1.54, 1.807) is 24.6 Å². The monoisotopic (exact) mass is 249 g/mol. The van der Waals surface area contributed by atoms with Crippen molar-refractivity contribution in [2.75, 3.05) is 7.11 Å². The molecule has 0 bridgehead atoms. The van der Waals surface area contributed by atoms with Crippen LogP contribution in [0.25, 0.3) is 0 Å². The van der Waals surface area contributed by atoms with Crippen LogP contribution in [0.5, 0.6) is 5.75 Å². The van der Waals surface area contributed by atoms with Gasteiger partial charge in [-0.05, 0) is 40.9 Å². The molecule has 2 rings (SSSR count). The number of aryl methyl sites for hydroxylation is 1. The number of hydrogen-bond donors (Lipinski definition) is 2. The molecular formula is C12H15N3OS. The van der Waals surface area contributed by atoms with Gasteiger partial charge in [0.25, 0.3) is 0 Å². The number of aromatic nitrogens is 1. The van der Waals surface area contributed by atoms with E-state index >= 15 is 0 Å². The van der Waals surface area contributed by atoms with E-state index in [9.17, 15) is 0 Å². The molecule has 4 nitrogen and oxygen atoms in total. The Kier molecular flexibility index (Phi) is 3.73. The molecule has 17 heavy (non-hydrogen) atoms. The van der Waals surface area contributed by atoms with E-state index in [1.807, 2.05) is 12.1 Å². The first-order valence-corrected chi connectivity index (χ1v) is 6.20. The lowest BCUT2D eigenvalue weighted by atomic mass is 10.0. The molecular weight excluding hydrogens is 234 g/mol. The van der Waals surface area contributed by atoms with E-state index in [0.29, 0.717) is 0 Å². The zero-order valence-corrected chi connectivity index (χ0v) is 10.6. The highest BCUT2D eigenvalue weighted by molar-refractivity contribution is 7.08. The zero-order chi connectivity index (χ0) is 12.3. The van der Waals surface area contributed by atoms with Gasteiger partial charge < -0.3 is 4.74 Å². The molecule has 0 saturated carbocycles. The minimum atomic E-state index is -0.141. The molecule has 2 aromatic heterocycles. The van der Waals surface area contributed by atoms with Crippen molar-refractivity contribution in [1.82, 2.24) is 10.4 Å². The molecule has 0 saturated heterocycles. The van der Waals surface area contributed by atoms with Gasteiger partial charge in [0.2, 0.25) is 0 Å². The van der Waals surface area contributed by atoms with E-state index in [0.717, 1.165) is 17.0 Å². The molecule has 0 aromatic carbocycles. The number of thiophene rings is 1. The Labute approximate surface area is 104 Å². The normalized spacial score (nSPS) is 12.4. The number of nitrogens with zero attached hydrogens (tertiary/aromatic N) is 1. The third-order valence-electron chi connectivity index (χ3n) is 2.67. The van der Waals surface area contributed by atoms with E-state index in [-0.39, 0.29) is 6.04 Å². The summed E-state index contributed by atoms with van der Waals surface area (Å²) in [5, 5.41) is 4.17. The standard InChI is InChI=1S/C12H15N3OS/c1-8-6-17-7-9(8)11(15-13)12-10(16-2)4-3-5-14-12/h3-7,11,15H,13H2,1-2H3. The van der Waals surface area contributed by atoms with Crippen LogP contribution in [-0.4, -0.2) is 12.1 Å². The van der Waals surface area contributed by atoms with Gasteiger partial charge in [0, 0.05) is 6.20 Å². The maximum absolute atomic E-state index is 5.65. The molecule has 0 radical (unpaired) electrons. The molecule has 90 valence electrons. The minimum absolute atomic E-state index is 0.141. The Bertz CT molecular complexity index is 498. The second-order valence-electron chi connectivity index (χ2n) is 3.70. The van der Waals surface area contributed by atoms with Crippen LogP contribution in [0.3, 0.4) is 0 Å². The van der Waals surface area contributed by atoms with Crippen molar-refractivity contribution in [3.8, 4) is 5.75 Å². The molecule has 0 aliphatic rings. The van der Waals surface area contributed by atoms with Gasteiger partial charge in [-0.15, -0.1) is 0 Å². The van der Waals surface area contributed by atoms with Crippen molar-refractivity contribution in [2.24, 2.45) is 5.84 Å². The molecule has 2 heterocycles. The lowest BCUT2D eigenvalue weighted by Gasteiger charge is -2.17. The van der Waals surface area contributed by atoms with Crippen molar-refractivity contribution in [3.05, 3.63) is 45.9 Å². The minimum Gasteiger partial charge on any atom is -0.495 e. The fourth-order valence-electron chi connectivity index (χ4n) is 1.77. The van der Waals surface area contributed by atoms with Gasteiger partial charge in [-0.3, -0.25) is 10.8 Å². The average Bonchev–Trinajstić information content (AvgIpc) is 2.78. The first-order valence-electron chi connectivity index (χ1n) is 5.25. The quantitative estimate of drug-likeness (QED) is 0.643. The first-order chi connectivity index (χ1) is 8.27. The topological polar surface area (TPSA) is 60.2 Å². The number of methoxy groups -OCH3 is 1. The van der Waals surface area contributed by atoms with Crippen LogP contribution >= 0.6 is 11.3 Å². The SMILES string of the molecule is COc1cccnc1C(NN)c1cscc1C. The lowest BCUT2D eigenvalue weighted by molar-refractivity contribution is 0.400. The Morgan fingerprint density at radius 2 is 2.29 bits per heavy atom. The molecule has 0 spiro atoms. The summed E-state index contributed by atoms with van der Waals surface area (Å²) < 4.78 is 5.31. The summed E-state index contributed by atoms with van der Waals surface area (Å²) in [4.78, 5) is 4.35. The van der Waals surface area contributed by atoms with E-state index in [2.05, 4.69) is 28.1 Å². The van der Waals surface area contributed by atoms with Crippen molar-refractivity contribution < 1.29 is 4.74 Å². The molecule has 0 aliphatic carbocycles. The maximum Gasteiger partial charge on any atom is 0.142 e. The fourth-order valence-corrected chi connectivity index (χ4v) is 2.65. The number of ether oxygens (including phenoxy) is 1. The Hall–Kier alpha value is -1.43. The van der Waals surface area contributed by atoms with Crippen LogP contribution in [0.15, 0.2) is 29.1 Å². The first kappa shape index (κ1) is 12.0. The highest BCUT2D eigenvalue weighted by Crippen LogP contribution is 2.30. The molecule has 1 atom stereocenters. The molecule has 2 aromatic rings. The molecule has 0 fully saturated rings. The maximum atomic E-state index is 5.65. The van der Waals surface area contributed by atoms with Crippen LogP contribution in [0.1, 0.15) is 22.9 Å². The van der Waals surface area contributed by atoms with Crippen molar-refractivity contribution >= 4 is 11.3 Å². The molecule has 0 amide bonds. The summed E-state index contributed by atoms with van der Waals surface area (Å²) >= 11 is 1.65. The number of nitrogens with two attached hydrogens (primary N) is 1. The summed E-state index contributed by atoms with van der Waals surface area (Å²) in [6.45, 7) is 2.06. The summed E-state index contributed by atoms with van der Waals surface area (Å²) in [6.07, 6.45) is 1.74. The van der Waals surface area contributed by atoms with Crippen LogP contribution < -0.4 is 16.0 Å². The van der Waals surface area contributed by atoms with Crippen LogP contribution in [0, 0.1) is 6.92 Å². The molecule has 0 aliphatic heterocycles. The number of hydrazine groups is 1. The van der Waals surface area contributed by atoms with Gasteiger partial charge in [-0.2, -0.15) is 11.3 Å². The van der Waals surface area contributed by atoms with Gasteiger partial charge in [0.1, 0.15) is 11.4 Å². The van der Waals surface area contributed by atoms with E-state index in [4.69, 9.17) is 10.6 Å². The summed E-state index contributed by atoms with van der Waals surface area (Å²) in [7, 11) is 1.63. The van der Waals surface area contributed by atoms with E-state index in [1.165, 1.54) is 5.56 Å². The predicted octanol–water partition coefficient (Wildman–Crippen LogP) is 2.01. The lowest BCUT2D eigenvalue weighted by Crippen LogP contribution is -2.30. The summed E-state index contributed by atoms with van der Waals surface area (Å²) in [5.41, 5.74) is 5.94. The third kappa shape index (κ3) is 2.31. The second kappa shape index (κ2) is 5.27. The van der Waals surface area contributed by atoms with Crippen molar-refractivity contribution in [2.45, 2.75) is 13.0 Å². The Morgan fingerprint density at radius 3 is 2.88 bits per heavy atom. The highest BCUT2D eigenvalue weighted by atomic mass is 32.1. The number of hydrogen-bond acceptors (Lipinski definition) is 5. The molecule has 5 heteroatoms. The van der Waals surface area contributed by atoms with Crippen molar-refractivity contribution in [1.29, 1.82) is 0 Å². The van der Waals surface area contributed by atoms with Gasteiger partial charge in [-0.1, -0.05) is 0 Å². The summed E-state index contributed by atoms with van der Waals surface area (Å²) in [6, 6.07) is 3.59. The number of nitrogens with one attached hydrogen (secondary N) is 1. The fraction of sp³-hybridized carbons (Fsp3) is 0.250. The summed E-state index contributed by atoms with van der Waals surface area (Å²) in [5.74, 6) is 6.38. The van der Waals surface area contributed by atoms with Gasteiger partial charge in [-0.25, -0.2) is 5.43 Å². The van der Waals surface area contributed by atoms with Crippen LogP contribution in [0.4, 0.5) is 0 Å². The smallest absolute Gasteiger partial charge is 0.142 e. The molecule has 1 unspecified atom stereocenters. The Balaban J connectivity index is 2.46. The number of pyridine rings is 1. The van der Waals surface area contributed by atoms with Crippen molar-refractivity contribution in [3.63, 3.8) is 0 Å². The third-order valence-corrected chi connectivity index (χ3v) is 3.55.